The van der Waals surface area contributed by atoms with Crippen LogP contribution in [0.25, 0.3) is 0 Å². The number of hydrogen-bond acceptors (Lipinski definition) is 0. The molecule has 0 heterocycles. The maximum Gasteiger partial charge on any atom is 0.0459 e. The molecule has 0 aliphatic carbocycles. The van der Waals surface area contributed by atoms with Gasteiger partial charge < -0.3 is 0 Å². The Labute approximate surface area is 85.4 Å². The third-order valence-corrected chi connectivity index (χ3v) is 4.21. The molecule has 1 rings (SSSR count). The zero-order chi connectivity index (χ0) is 7.72. The smallest absolute Gasteiger partial charge is 0.0459 e. The van der Waals surface area contributed by atoms with Crippen molar-refractivity contribution in [1.29, 1.82) is 0 Å². The predicted molar refractivity (Wildman–Crippen MR) is 54.0 cm³/mol. The molecule has 1 radical (unpaired) electrons. The van der Waals surface area contributed by atoms with E-state index in [1.165, 1.54) is 0 Å². The van der Waals surface area contributed by atoms with E-state index in [9.17, 15) is 0 Å². The molecule has 0 nitrogen and oxygen atoms in total. The molecule has 0 amide bonds. The molecule has 0 fully saturated rings. The second-order valence-corrected chi connectivity index (χ2v) is 4.38. The molecule has 0 atom stereocenters. The molecule has 10 heavy (non-hydrogen) atoms. The van der Waals surface area contributed by atoms with E-state index in [1.54, 1.807) is 0 Å². The average molecular weight is 328 g/mol. The SMILES string of the molecule is [CH2]c1cc(Br)c(Br)c(Br)c1. The lowest BCUT2D eigenvalue weighted by Crippen LogP contribution is -1.75. The molecule has 0 aliphatic heterocycles. The van der Waals surface area contributed by atoms with E-state index < -0.39 is 0 Å². The fourth-order valence-corrected chi connectivity index (χ4v) is 2.12. The summed E-state index contributed by atoms with van der Waals surface area (Å²) in [6.07, 6.45) is 0. The monoisotopic (exact) mass is 325 g/mol. The van der Waals surface area contributed by atoms with Gasteiger partial charge in [0.05, 0.1) is 0 Å². The summed E-state index contributed by atoms with van der Waals surface area (Å²) < 4.78 is 3.07. The standard InChI is InChI=1S/C7H4Br3/c1-4-2-5(8)7(10)6(9)3-4/h2-3H,1H2. The Morgan fingerprint density at radius 2 is 1.40 bits per heavy atom. The summed E-state index contributed by atoms with van der Waals surface area (Å²) in [7, 11) is 0. The van der Waals surface area contributed by atoms with E-state index in [-0.39, 0.29) is 0 Å². The lowest BCUT2D eigenvalue weighted by molar-refractivity contribution is 1.49. The maximum absolute atomic E-state index is 3.80. The summed E-state index contributed by atoms with van der Waals surface area (Å²) in [6, 6.07) is 3.91. The molecule has 0 saturated carbocycles. The Bertz CT molecular complexity index is 232. The Kier molecular flexibility index (Phi) is 2.95. The third kappa shape index (κ3) is 1.83. The fourth-order valence-electron chi connectivity index (χ4n) is 0.608. The highest BCUT2D eigenvalue weighted by Gasteiger charge is 2.00. The lowest BCUT2D eigenvalue weighted by Gasteiger charge is -2.00. The van der Waals surface area contributed by atoms with Gasteiger partial charge in [-0.05, 0) is 72.4 Å². The van der Waals surface area contributed by atoms with Gasteiger partial charge >= 0.3 is 0 Å². The largest absolute Gasteiger partial charge is 0.0496 e. The van der Waals surface area contributed by atoms with Gasteiger partial charge in [-0.15, -0.1) is 0 Å². The van der Waals surface area contributed by atoms with E-state index >= 15 is 0 Å². The number of benzene rings is 1. The number of rotatable bonds is 0. The molecular formula is C7H4Br3. The minimum Gasteiger partial charge on any atom is -0.0496 e. The summed E-state index contributed by atoms with van der Waals surface area (Å²) >= 11 is 10.2. The average Bonchev–Trinajstić information content (AvgIpc) is 1.82. The van der Waals surface area contributed by atoms with Crippen LogP contribution >= 0.6 is 47.8 Å². The van der Waals surface area contributed by atoms with Crippen molar-refractivity contribution in [3.63, 3.8) is 0 Å². The zero-order valence-corrected chi connectivity index (χ0v) is 9.75. The van der Waals surface area contributed by atoms with Crippen LogP contribution < -0.4 is 0 Å². The van der Waals surface area contributed by atoms with Crippen molar-refractivity contribution in [3.05, 3.63) is 38.0 Å². The highest BCUT2D eigenvalue weighted by molar-refractivity contribution is 9.14. The summed E-state index contributed by atoms with van der Waals surface area (Å²) in [5, 5.41) is 0. The Morgan fingerprint density at radius 1 is 1.00 bits per heavy atom. The molecule has 0 spiro atoms. The highest BCUT2D eigenvalue weighted by atomic mass is 79.9. The van der Waals surface area contributed by atoms with Gasteiger partial charge in [0.25, 0.3) is 0 Å². The van der Waals surface area contributed by atoms with Crippen molar-refractivity contribution in [1.82, 2.24) is 0 Å². The van der Waals surface area contributed by atoms with E-state index in [2.05, 4.69) is 54.7 Å². The van der Waals surface area contributed by atoms with E-state index in [1.807, 2.05) is 12.1 Å². The maximum atomic E-state index is 3.80. The highest BCUT2D eigenvalue weighted by Crippen LogP contribution is 2.31. The van der Waals surface area contributed by atoms with Gasteiger partial charge in [0.15, 0.2) is 0 Å². The van der Waals surface area contributed by atoms with E-state index in [0.717, 1.165) is 19.0 Å². The zero-order valence-electron chi connectivity index (χ0n) is 5.00. The molecule has 3 heteroatoms. The molecule has 53 valence electrons. The van der Waals surface area contributed by atoms with Gasteiger partial charge in [-0.2, -0.15) is 0 Å². The molecule has 0 N–H and O–H groups in total. The minimum absolute atomic E-state index is 0.988. The Balaban J connectivity index is 3.31. The lowest BCUT2D eigenvalue weighted by atomic mass is 10.2. The van der Waals surface area contributed by atoms with Gasteiger partial charge in [0, 0.05) is 13.4 Å². The van der Waals surface area contributed by atoms with Crippen molar-refractivity contribution < 1.29 is 0 Å². The number of halogens is 3. The quantitative estimate of drug-likeness (QED) is 0.628. The Morgan fingerprint density at radius 3 is 1.80 bits per heavy atom. The molecule has 1 aromatic rings. The molecular weight excluding hydrogens is 324 g/mol. The normalized spacial score (nSPS) is 10.0. The summed E-state index contributed by atoms with van der Waals surface area (Å²) in [5.74, 6) is 0. The van der Waals surface area contributed by atoms with E-state index in [0.29, 0.717) is 0 Å². The first-order valence-corrected chi connectivity index (χ1v) is 4.95. The fraction of sp³-hybridized carbons (Fsp3) is 0. The van der Waals surface area contributed by atoms with Crippen molar-refractivity contribution in [2.24, 2.45) is 0 Å². The first-order chi connectivity index (χ1) is 4.61. The van der Waals surface area contributed by atoms with Crippen molar-refractivity contribution in [2.75, 3.05) is 0 Å². The predicted octanol–water partition coefficient (Wildman–Crippen LogP) is 4.16. The van der Waals surface area contributed by atoms with E-state index in [4.69, 9.17) is 0 Å². The minimum atomic E-state index is 0.988. The van der Waals surface area contributed by atoms with Gasteiger partial charge in [0.1, 0.15) is 0 Å². The van der Waals surface area contributed by atoms with Gasteiger partial charge in [-0.1, -0.05) is 0 Å². The molecule has 0 aliphatic rings. The van der Waals surface area contributed by atoms with Crippen molar-refractivity contribution in [2.45, 2.75) is 0 Å². The van der Waals surface area contributed by atoms with Crippen molar-refractivity contribution >= 4 is 47.8 Å². The van der Waals surface area contributed by atoms with Crippen LogP contribution in [0.1, 0.15) is 5.56 Å². The molecule has 0 bridgehead atoms. The van der Waals surface area contributed by atoms with Crippen LogP contribution in [-0.4, -0.2) is 0 Å². The van der Waals surface area contributed by atoms with Crippen LogP contribution in [0.4, 0.5) is 0 Å². The summed E-state index contributed by atoms with van der Waals surface area (Å²) in [6.45, 7) is 3.80. The van der Waals surface area contributed by atoms with Gasteiger partial charge in [-0.3, -0.25) is 0 Å². The first-order valence-electron chi connectivity index (χ1n) is 2.58. The Hall–Kier alpha value is 0.660. The molecule has 0 unspecified atom stereocenters. The first kappa shape index (κ1) is 8.75. The second kappa shape index (κ2) is 3.37. The molecule has 1 aromatic carbocycles. The van der Waals surface area contributed by atoms with Crippen molar-refractivity contribution in [3.8, 4) is 0 Å². The van der Waals surface area contributed by atoms with Crippen LogP contribution in [0.2, 0.25) is 0 Å². The molecule has 0 aromatic heterocycles. The van der Waals surface area contributed by atoms with Crippen LogP contribution in [0.3, 0.4) is 0 Å². The van der Waals surface area contributed by atoms with Gasteiger partial charge in [0.2, 0.25) is 0 Å². The number of hydrogen-bond donors (Lipinski definition) is 0. The van der Waals surface area contributed by atoms with Crippen LogP contribution in [0.5, 0.6) is 0 Å². The van der Waals surface area contributed by atoms with Crippen LogP contribution in [0.15, 0.2) is 25.6 Å². The third-order valence-electron chi connectivity index (χ3n) is 1.04. The van der Waals surface area contributed by atoms with Crippen LogP contribution in [-0.2, 0) is 0 Å². The second-order valence-electron chi connectivity index (χ2n) is 1.87. The van der Waals surface area contributed by atoms with Gasteiger partial charge in [-0.25, -0.2) is 0 Å². The topological polar surface area (TPSA) is 0 Å². The summed E-state index contributed by atoms with van der Waals surface area (Å²) in [5.41, 5.74) is 0.988. The molecule has 0 saturated heterocycles. The summed E-state index contributed by atoms with van der Waals surface area (Å²) in [4.78, 5) is 0. The van der Waals surface area contributed by atoms with Crippen LogP contribution in [0, 0.1) is 6.92 Å².